The molecule has 2 heteroatoms. The van der Waals surface area contributed by atoms with Crippen LogP contribution in [0.1, 0.15) is 79.6 Å². The highest BCUT2D eigenvalue weighted by Crippen LogP contribution is 2.48. The second kappa shape index (κ2) is 5.22. The maximum absolute atomic E-state index is 11.6. The molecule has 0 bridgehead atoms. The molecule has 0 heterocycles. The van der Waals surface area contributed by atoms with E-state index < -0.39 is 11.4 Å². The van der Waals surface area contributed by atoms with Crippen LogP contribution < -0.4 is 0 Å². The Bertz CT molecular complexity index is 287. The molecule has 0 radical (unpaired) electrons. The van der Waals surface area contributed by atoms with E-state index in [1.54, 1.807) is 0 Å². The highest BCUT2D eigenvalue weighted by molar-refractivity contribution is 5.74. The van der Waals surface area contributed by atoms with Crippen LogP contribution in [-0.2, 0) is 4.79 Å². The fraction of sp³-hybridized carbons (Fsp3) is 0.938. The zero-order valence-electron chi connectivity index (χ0n) is 12.8. The first-order chi connectivity index (χ1) is 8.06. The van der Waals surface area contributed by atoms with Crippen molar-refractivity contribution in [1.82, 2.24) is 0 Å². The van der Waals surface area contributed by atoms with Crippen LogP contribution in [0.5, 0.6) is 0 Å². The molecule has 1 rings (SSSR count). The van der Waals surface area contributed by atoms with Gasteiger partial charge in [-0.2, -0.15) is 0 Å². The summed E-state index contributed by atoms with van der Waals surface area (Å²) in [5.74, 6) is -0.563. The molecular formula is C16H30O2. The van der Waals surface area contributed by atoms with Crippen LogP contribution in [0, 0.1) is 16.2 Å². The normalized spacial score (nSPS) is 22.7. The maximum atomic E-state index is 11.6. The molecule has 0 aliphatic heterocycles. The Morgan fingerprint density at radius 2 is 1.61 bits per heavy atom. The van der Waals surface area contributed by atoms with Crippen molar-refractivity contribution in [3.05, 3.63) is 0 Å². The molecule has 2 nitrogen and oxygen atoms in total. The minimum atomic E-state index is -0.563. The van der Waals surface area contributed by atoms with Crippen LogP contribution in [-0.4, -0.2) is 11.1 Å². The third kappa shape index (κ3) is 4.29. The average Bonchev–Trinajstić information content (AvgIpc) is 2.19. The number of rotatable bonds is 4. The zero-order chi connectivity index (χ0) is 14.0. The molecule has 1 aliphatic rings. The van der Waals surface area contributed by atoms with E-state index in [1.807, 2.05) is 0 Å². The van der Waals surface area contributed by atoms with Crippen LogP contribution in [0.2, 0.25) is 0 Å². The van der Waals surface area contributed by atoms with Crippen LogP contribution in [0.15, 0.2) is 0 Å². The van der Waals surface area contributed by atoms with Gasteiger partial charge >= 0.3 is 5.97 Å². The molecule has 18 heavy (non-hydrogen) atoms. The third-order valence-electron chi connectivity index (χ3n) is 4.60. The van der Waals surface area contributed by atoms with Gasteiger partial charge in [0.05, 0.1) is 5.41 Å². The fourth-order valence-electron chi connectivity index (χ4n) is 2.93. The van der Waals surface area contributed by atoms with E-state index in [-0.39, 0.29) is 0 Å². The van der Waals surface area contributed by atoms with Crippen molar-refractivity contribution < 1.29 is 9.90 Å². The summed E-state index contributed by atoms with van der Waals surface area (Å²) in [6, 6.07) is 0. The van der Waals surface area contributed by atoms with E-state index >= 15 is 0 Å². The number of carboxylic acids is 1. The predicted molar refractivity (Wildman–Crippen MR) is 75.6 cm³/mol. The van der Waals surface area contributed by atoms with Crippen molar-refractivity contribution in [3.63, 3.8) is 0 Å². The Morgan fingerprint density at radius 3 is 2.00 bits per heavy atom. The quantitative estimate of drug-likeness (QED) is 0.776. The lowest BCUT2D eigenvalue weighted by atomic mass is 9.63. The largest absolute Gasteiger partial charge is 0.481 e. The molecule has 1 fully saturated rings. The topological polar surface area (TPSA) is 37.3 Å². The van der Waals surface area contributed by atoms with Gasteiger partial charge in [0, 0.05) is 0 Å². The molecule has 0 aromatic rings. The van der Waals surface area contributed by atoms with Gasteiger partial charge in [0.2, 0.25) is 0 Å². The molecule has 1 N–H and O–H groups in total. The Hall–Kier alpha value is -0.530. The van der Waals surface area contributed by atoms with Crippen molar-refractivity contribution in [3.8, 4) is 0 Å². The van der Waals surface area contributed by atoms with Gasteiger partial charge in [-0.25, -0.2) is 0 Å². The van der Waals surface area contributed by atoms with E-state index in [0.29, 0.717) is 10.8 Å². The van der Waals surface area contributed by atoms with Crippen LogP contribution in [0.3, 0.4) is 0 Å². The lowest BCUT2D eigenvalue weighted by Crippen LogP contribution is -2.38. The van der Waals surface area contributed by atoms with Gasteiger partial charge in [-0.15, -0.1) is 0 Å². The molecule has 0 amide bonds. The summed E-state index contributed by atoms with van der Waals surface area (Å²) < 4.78 is 0. The van der Waals surface area contributed by atoms with Gasteiger partial charge in [-0.3, -0.25) is 4.79 Å². The highest BCUT2D eigenvalue weighted by Gasteiger charge is 2.43. The molecule has 0 aromatic carbocycles. The smallest absolute Gasteiger partial charge is 0.309 e. The van der Waals surface area contributed by atoms with Gasteiger partial charge in [0.15, 0.2) is 0 Å². The van der Waals surface area contributed by atoms with Crippen molar-refractivity contribution >= 4 is 5.97 Å². The summed E-state index contributed by atoms with van der Waals surface area (Å²) in [7, 11) is 0. The molecule has 0 aromatic heterocycles. The summed E-state index contributed by atoms with van der Waals surface area (Å²) in [4.78, 5) is 11.6. The first-order valence-corrected chi connectivity index (χ1v) is 7.30. The Labute approximate surface area is 112 Å². The van der Waals surface area contributed by atoms with Crippen LogP contribution in [0.25, 0.3) is 0 Å². The molecule has 0 saturated heterocycles. The predicted octanol–water partition coefficient (Wildman–Crippen LogP) is 4.87. The molecule has 0 atom stereocenters. The Balaban J connectivity index is 2.58. The highest BCUT2D eigenvalue weighted by atomic mass is 16.4. The van der Waals surface area contributed by atoms with E-state index in [0.717, 1.165) is 44.9 Å². The van der Waals surface area contributed by atoms with E-state index in [1.165, 1.54) is 0 Å². The minimum Gasteiger partial charge on any atom is -0.481 e. The molecule has 0 unspecified atom stereocenters. The molecule has 106 valence electrons. The van der Waals surface area contributed by atoms with Crippen molar-refractivity contribution in [2.24, 2.45) is 16.2 Å². The number of carboxylic acid groups (broad SMARTS) is 1. The first-order valence-electron chi connectivity index (χ1n) is 7.30. The van der Waals surface area contributed by atoms with Crippen molar-refractivity contribution in [2.75, 3.05) is 0 Å². The Morgan fingerprint density at radius 1 is 1.11 bits per heavy atom. The first kappa shape index (κ1) is 15.5. The minimum absolute atomic E-state index is 0.313. The number of aliphatic carboxylic acids is 1. The van der Waals surface area contributed by atoms with Gasteiger partial charge in [0.1, 0.15) is 0 Å². The maximum Gasteiger partial charge on any atom is 0.309 e. The standard InChI is InChI=1S/C16H30O2/c1-14(2,3)7-6-8-16(13(17)18)11-9-15(4,5)10-12-16/h6-12H2,1-5H3,(H,17,18). The van der Waals surface area contributed by atoms with E-state index in [2.05, 4.69) is 34.6 Å². The third-order valence-corrected chi connectivity index (χ3v) is 4.60. The lowest BCUT2D eigenvalue weighted by molar-refractivity contribution is -0.153. The molecule has 0 spiro atoms. The van der Waals surface area contributed by atoms with Crippen LogP contribution in [0.4, 0.5) is 0 Å². The average molecular weight is 254 g/mol. The summed E-state index contributed by atoms with van der Waals surface area (Å²) >= 11 is 0. The Kier molecular flexibility index (Phi) is 4.51. The van der Waals surface area contributed by atoms with Gasteiger partial charge in [-0.05, 0) is 49.4 Å². The van der Waals surface area contributed by atoms with Crippen molar-refractivity contribution in [2.45, 2.75) is 79.6 Å². The van der Waals surface area contributed by atoms with Gasteiger partial charge < -0.3 is 5.11 Å². The molecule has 1 aliphatic carbocycles. The second-order valence-corrected chi connectivity index (χ2v) is 8.16. The fourth-order valence-corrected chi connectivity index (χ4v) is 2.93. The molecular weight excluding hydrogens is 224 g/mol. The number of hydrogen-bond acceptors (Lipinski definition) is 1. The summed E-state index contributed by atoms with van der Waals surface area (Å²) in [5.41, 5.74) is 0.220. The zero-order valence-corrected chi connectivity index (χ0v) is 12.8. The summed E-state index contributed by atoms with van der Waals surface area (Å²) in [6.45, 7) is 11.2. The number of hydrogen-bond donors (Lipinski definition) is 1. The molecule has 1 saturated carbocycles. The summed E-state index contributed by atoms with van der Waals surface area (Å²) in [6.07, 6.45) is 6.83. The number of carbonyl (C=O) groups is 1. The summed E-state index contributed by atoms with van der Waals surface area (Å²) in [5, 5.41) is 9.59. The SMILES string of the molecule is CC(C)(C)CCCC1(C(=O)O)CCC(C)(C)CC1. The van der Waals surface area contributed by atoms with Crippen LogP contribution >= 0.6 is 0 Å². The monoisotopic (exact) mass is 254 g/mol. The van der Waals surface area contributed by atoms with E-state index in [4.69, 9.17) is 0 Å². The second-order valence-electron chi connectivity index (χ2n) is 8.16. The van der Waals surface area contributed by atoms with Crippen molar-refractivity contribution in [1.29, 1.82) is 0 Å². The lowest BCUT2D eigenvalue weighted by Gasteiger charge is -2.41. The van der Waals surface area contributed by atoms with Gasteiger partial charge in [-0.1, -0.05) is 41.0 Å². The van der Waals surface area contributed by atoms with E-state index in [9.17, 15) is 9.90 Å². The van der Waals surface area contributed by atoms with Gasteiger partial charge in [0.25, 0.3) is 0 Å².